The number of rotatable bonds is 4. The third-order valence-electron chi connectivity index (χ3n) is 4.92. The van der Waals surface area contributed by atoms with Crippen molar-refractivity contribution < 1.29 is 26.7 Å². The summed E-state index contributed by atoms with van der Waals surface area (Å²) >= 11 is 0. The largest absolute Gasteiger partial charge is 0.507 e. The summed E-state index contributed by atoms with van der Waals surface area (Å²) in [6, 6.07) is 23.8. The zero-order valence-electron chi connectivity index (χ0n) is 17.1. The van der Waals surface area contributed by atoms with Crippen LogP contribution in [0.3, 0.4) is 0 Å². The van der Waals surface area contributed by atoms with Crippen LogP contribution in [0.15, 0.2) is 88.8 Å². The van der Waals surface area contributed by atoms with Gasteiger partial charge in [0.2, 0.25) is 0 Å². The van der Waals surface area contributed by atoms with Crippen molar-refractivity contribution in [3.05, 3.63) is 95.6 Å². The van der Waals surface area contributed by atoms with E-state index in [1.165, 1.54) is 0 Å². The summed E-state index contributed by atoms with van der Waals surface area (Å²) in [6.45, 7) is 1.96. The Morgan fingerprint density at radius 3 is 2.10 bits per heavy atom. The zero-order valence-corrected chi connectivity index (χ0v) is 18.1. The maximum atomic E-state index is 10.3. The summed E-state index contributed by atoms with van der Waals surface area (Å²) in [5, 5.41) is 20.3. The Morgan fingerprint density at radius 1 is 0.806 bits per heavy atom. The molecule has 0 saturated carbocycles. The minimum atomic E-state index is 0. The van der Waals surface area contributed by atoms with Gasteiger partial charge in [0, 0.05) is 35.3 Å². The monoisotopic (exact) mass is 456 g/mol. The topological polar surface area (TPSA) is 75.0 Å². The van der Waals surface area contributed by atoms with Crippen molar-refractivity contribution in [2.45, 2.75) is 6.92 Å². The Morgan fingerprint density at radius 2 is 1.42 bits per heavy atom. The van der Waals surface area contributed by atoms with Gasteiger partial charge in [0.25, 0.3) is 0 Å². The van der Waals surface area contributed by atoms with E-state index in [4.69, 9.17) is 4.99 Å². The number of nitrogens with zero attached hydrogens (tertiary/aromatic N) is 4. The first kappa shape index (κ1) is 22.1. The second kappa shape index (κ2) is 9.50. The SMILES string of the molecule is Cc1c(N=Cc2ccccc2O)c(=Nc2ccccc2O)n(-c2ccccc2)n1C.[Ni]. The molecule has 3 aromatic carbocycles. The summed E-state index contributed by atoms with van der Waals surface area (Å²) in [4.78, 5) is 9.42. The second-order valence-corrected chi connectivity index (χ2v) is 6.85. The number of hydrogen-bond donors (Lipinski definition) is 2. The summed E-state index contributed by atoms with van der Waals surface area (Å²) < 4.78 is 3.91. The molecule has 0 atom stereocenters. The summed E-state index contributed by atoms with van der Waals surface area (Å²) in [7, 11) is 1.94. The molecule has 0 unspecified atom stereocenters. The van der Waals surface area contributed by atoms with E-state index in [1.807, 2.05) is 65.8 Å². The number of para-hydroxylation sites is 4. The van der Waals surface area contributed by atoms with Crippen LogP contribution in [0.5, 0.6) is 11.5 Å². The molecule has 0 amide bonds. The average molecular weight is 457 g/mol. The standard InChI is InChI=1S/C24H22N4O2.Ni/c1-17-23(25-16-18-10-6-8-14-21(18)29)24(26-20-13-7-9-15-22(20)30)28(27(17)2)19-11-4-3-5-12-19;/h3-16,29-30H,1-2H3;. The number of aromatic hydroxyl groups is 2. The van der Waals surface area contributed by atoms with Gasteiger partial charge in [0.05, 0.1) is 11.4 Å². The molecule has 0 aliphatic rings. The van der Waals surface area contributed by atoms with E-state index in [0.717, 1.165) is 11.4 Å². The summed E-state index contributed by atoms with van der Waals surface area (Å²) in [5.41, 5.74) is 4.09. The molecular formula is C24H22N4NiO2. The van der Waals surface area contributed by atoms with Crippen molar-refractivity contribution in [2.75, 3.05) is 0 Å². The number of phenols is 2. The normalized spacial score (nSPS) is 11.6. The van der Waals surface area contributed by atoms with Gasteiger partial charge in [-0.25, -0.2) is 9.67 Å². The molecule has 31 heavy (non-hydrogen) atoms. The molecule has 0 bridgehead atoms. The van der Waals surface area contributed by atoms with E-state index in [0.29, 0.717) is 22.4 Å². The van der Waals surface area contributed by atoms with Gasteiger partial charge in [0.15, 0.2) is 5.49 Å². The van der Waals surface area contributed by atoms with Crippen LogP contribution in [0.1, 0.15) is 11.3 Å². The molecule has 0 spiro atoms. The molecule has 4 rings (SSSR count). The zero-order chi connectivity index (χ0) is 21.1. The first-order valence-electron chi connectivity index (χ1n) is 9.55. The molecule has 0 aliphatic carbocycles. The third-order valence-corrected chi connectivity index (χ3v) is 4.92. The van der Waals surface area contributed by atoms with E-state index < -0.39 is 0 Å². The van der Waals surface area contributed by atoms with Crippen molar-refractivity contribution in [1.29, 1.82) is 0 Å². The molecule has 0 aliphatic heterocycles. The van der Waals surface area contributed by atoms with Crippen LogP contribution in [0.4, 0.5) is 11.4 Å². The Bertz CT molecular complexity index is 1290. The van der Waals surface area contributed by atoms with Crippen LogP contribution < -0.4 is 5.49 Å². The first-order chi connectivity index (χ1) is 14.6. The molecule has 0 radical (unpaired) electrons. The number of phenolic OH excluding ortho intramolecular Hbond substituents is 2. The first-order valence-corrected chi connectivity index (χ1v) is 9.55. The van der Waals surface area contributed by atoms with Crippen molar-refractivity contribution in [2.24, 2.45) is 17.0 Å². The van der Waals surface area contributed by atoms with E-state index in [9.17, 15) is 10.2 Å². The van der Waals surface area contributed by atoms with Gasteiger partial charge >= 0.3 is 0 Å². The predicted octanol–water partition coefficient (Wildman–Crippen LogP) is 4.52. The quantitative estimate of drug-likeness (QED) is 0.350. The molecule has 4 aromatic rings. The molecule has 0 saturated heterocycles. The molecule has 160 valence electrons. The van der Waals surface area contributed by atoms with Crippen molar-refractivity contribution in [1.82, 2.24) is 9.36 Å². The van der Waals surface area contributed by atoms with Crippen LogP contribution in [0.2, 0.25) is 0 Å². The van der Waals surface area contributed by atoms with Crippen LogP contribution in [-0.4, -0.2) is 25.8 Å². The van der Waals surface area contributed by atoms with E-state index >= 15 is 0 Å². The fourth-order valence-corrected chi connectivity index (χ4v) is 3.23. The van der Waals surface area contributed by atoms with Gasteiger partial charge in [0.1, 0.15) is 22.9 Å². The van der Waals surface area contributed by atoms with Gasteiger partial charge in [-0.15, -0.1) is 0 Å². The van der Waals surface area contributed by atoms with Crippen molar-refractivity contribution >= 4 is 17.6 Å². The van der Waals surface area contributed by atoms with Crippen LogP contribution in [-0.2, 0) is 23.5 Å². The average Bonchev–Trinajstić information content (AvgIpc) is 2.99. The number of hydrogen-bond acceptors (Lipinski definition) is 4. The fourth-order valence-electron chi connectivity index (χ4n) is 3.23. The fraction of sp³-hybridized carbons (Fsp3) is 0.0833. The molecule has 1 heterocycles. The number of benzene rings is 3. The molecule has 6 nitrogen and oxygen atoms in total. The van der Waals surface area contributed by atoms with Crippen LogP contribution in [0, 0.1) is 6.92 Å². The Balaban J connectivity index is 0.00000272. The Hall–Kier alpha value is -3.57. The van der Waals surface area contributed by atoms with Crippen molar-refractivity contribution in [3.63, 3.8) is 0 Å². The second-order valence-electron chi connectivity index (χ2n) is 6.85. The molecule has 1 aromatic heterocycles. The number of aromatic nitrogens is 2. The maximum absolute atomic E-state index is 10.3. The van der Waals surface area contributed by atoms with Gasteiger partial charge in [-0.2, -0.15) is 0 Å². The summed E-state index contributed by atoms with van der Waals surface area (Å²) in [6.07, 6.45) is 1.62. The molecule has 7 heteroatoms. The third kappa shape index (κ3) is 4.47. The molecule has 0 fully saturated rings. The van der Waals surface area contributed by atoms with Crippen LogP contribution >= 0.6 is 0 Å². The molecular weight excluding hydrogens is 435 g/mol. The minimum absolute atomic E-state index is 0. The predicted molar refractivity (Wildman–Crippen MR) is 118 cm³/mol. The minimum Gasteiger partial charge on any atom is -0.507 e. The van der Waals surface area contributed by atoms with Crippen LogP contribution in [0.25, 0.3) is 5.69 Å². The summed E-state index contributed by atoms with van der Waals surface area (Å²) in [5.74, 6) is 0.249. The maximum Gasteiger partial charge on any atom is 0.180 e. The Labute approximate surface area is 190 Å². The smallest absolute Gasteiger partial charge is 0.180 e. The van der Waals surface area contributed by atoms with E-state index in [1.54, 1.807) is 42.6 Å². The molecule has 2 N–H and O–H groups in total. The number of aliphatic imine (C=N–C) groups is 1. The van der Waals surface area contributed by atoms with E-state index in [2.05, 4.69) is 4.99 Å². The van der Waals surface area contributed by atoms with Crippen molar-refractivity contribution in [3.8, 4) is 17.2 Å². The van der Waals surface area contributed by atoms with Gasteiger partial charge < -0.3 is 10.2 Å². The van der Waals surface area contributed by atoms with Gasteiger partial charge in [-0.1, -0.05) is 42.5 Å². The van der Waals surface area contributed by atoms with E-state index in [-0.39, 0.29) is 28.0 Å². The Kier molecular flexibility index (Phi) is 6.78. The van der Waals surface area contributed by atoms with Gasteiger partial charge in [-0.3, -0.25) is 9.67 Å². The van der Waals surface area contributed by atoms with Gasteiger partial charge in [-0.05, 0) is 43.3 Å².